The molecule has 0 aliphatic rings. The van der Waals surface area contributed by atoms with E-state index in [0.717, 1.165) is 21.1 Å². The topological polar surface area (TPSA) is 46.5 Å². The molecule has 1 atom stereocenters. The first-order valence-corrected chi connectivity index (χ1v) is 15.6. The molecular weight excluding hydrogens is 489 g/mol. The molecule has 0 aromatic heterocycles. The van der Waals surface area contributed by atoms with E-state index in [2.05, 4.69) is 54.2 Å². The van der Waals surface area contributed by atoms with Crippen LogP contribution in [0.25, 0.3) is 0 Å². The minimum absolute atomic E-state index is 0.0180. The zero-order valence-corrected chi connectivity index (χ0v) is 24.1. The van der Waals surface area contributed by atoms with Gasteiger partial charge in [-0.2, -0.15) is 0 Å². The van der Waals surface area contributed by atoms with Crippen molar-refractivity contribution in [1.82, 2.24) is 0 Å². The fourth-order valence-electron chi connectivity index (χ4n) is 5.00. The van der Waals surface area contributed by atoms with Crippen LogP contribution in [0.3, 0.4) is 0 Å². The molecule has 3 rings (SSSR count). The molecule has 0 radical (unpaired) electrons. The van der Waals surface area contributed by atoms with Gasteiger partial charge in [-0.25, -0.2) is 0 Å². The standard InChI is InChI=1S/C29H36O3S2Si/c1-19(2)35(20(3)4,21(5)6)32-25-17-13-23(14-18-25)29(34-27-10-8-7-9-26(27)33)28(31)22-11-15-24(30)16-12-22/h7-21,29-30,33H,1-6H3. The highest BCUT2D eigenvalue weighted by Crippen LogP contribution is 2.44. The van der Waals surface area contributed by atoms with E-state index >= 15 is 0 Å². The molecule has 0 amide bonds. The Kier molecular flexibility index (Phi) is 9.19. The predicted octanol–water partition coefficient (Wildman–Crippen LogP) is 8.95. The molecule has 35 heavy (non-hydrogen) atoms. The van der Waals surface area contributed by atoms with Crippen molar-refractivity contribution in [2.75, 3.05) is 0 Å². The minimum Gasteiger partial charge on any atom is -0.543 e. The van der Waals surface area contributed by atoms with Crippen molar-refractivity contribution in [3.8, 4) is 11.5 Å². The first kappa shape index (κ1) is 27.4. The fourth-order valence-corrected chi connectivity index (χ4v) is 11.7. The molecule has 0 aliphatic carbocycles. The van der Waals surface area contributed by atoms with Gasteiger partial charge >= 0.3 is 0 Å². The van der Waals surface area contributed by atoms with Crippen molar-refractivity contribution in [2.45, 2.75) is 73.2 Å². The van der Waals surface area contributed by atoms with Gasteiger partial charge in [-0.3, -0.25) is 4.79 Å². The lowest BCUT2D eigenvalue weighted by molar-refractivity contribution is 0.0989. The minimum atomic E-state index is -2.07. The van der Waals surface area contributed by atoms with Crippen LogP contribution in [0, 0.1) is 0 Å². The summed E-state index contributed by atoms with van der Waals surface area (Å²) >= 11 is 6.08. The Balaban J connectivity index is 1.97. The number of benzene rings is 3. The van der Waals surface area contributed by atoms with Gasteiger partial charge in [0, 0.05) is 15.4 Å². The first-order chi connectivity index (χ1) is 16.6. The molecule has 6 heteroatoms. The number of aromatic hydroxyl groups is 1. The maximum atomic E-state index is 13.6. The van der Waals surface area contributed by atoms with E-state index in [1.165, 1.54) is 11.8 Å². The zero-order chi connectivity index (χ0) is 25.8. The van der Waals surface area contributed by atoms with Gasteiger partial charge < -0.3 is 9.53 Å². The Morgan fingerprint density at radius 1 is 0.829 bits per heavy atom. The molecule has 0 bridgehead atoms. The number of phenolic OH excluding ortho intramolecular Hbond substituents is 1. The maximum absolute atomic E-state index is 13.6. The number of carbonyl (C=O) groups excluding carboxylic acids is 1. The third-order valence-electron chi connectivity index (χ3n) is 6.68. The van der Waals surface area contributed by atoms with Gasteiger partial charge in [0.1, 0.15) is 11.5 Å². The van der Waals surface area contributed by atoms with Gasteiger partial charge in [-0.15, -0.1) is 24.4 Å². The summed E-state index contributed by atoms with van der Waals surface area (Å²) in [5.41, 5.74) is 2.90. The lowest BCUT2D eigenvalue weighted by Gasteiger charge is -2.42. The van der Waals surface area contributed by atoms with Gasteiger partial charge in [0.15, 0.2) is 5.78 Å². The molecule has 3 aromatic carbocycles. The van der Waals surface area contributed by atoms with Crippen LogP contribution in [0.15, 0.2) is 82.6 Å². The van der Waals surface area contributed by atoms with E-state index in [4.69, 9.17) is 4.43 Å². The second-order valence-corrected chi connectivity index (χ2v) is 16.9. The molecule has 3 nitrogen and oxygen atoms in total. The molecule has 0 saturated heterocycles. The number of thioether (sulfide) groups is 1. The summed E-state index contributed by atoms with van der Waals surface area (Å²) in [6.07, 6.45) is 0. The van der Waals surface area contributed by atoms with Crippen LogP contribution in [0.2, 0.25) is 16.6 Å². The molecule has 0 fully saturated rings. The van der Waals surface area contributed by atoms with Crippen molar-refractivity contribution in [3.63, 3.8) is 0 Å². The van der Waals surface area contributed by atoms with Crippen molar-refractivity contribution < 1.29 is 14.3 Å². The van der Waals surface area contributed by atoms with Crippen LogP contribution < -0.4 is 4.43 Å². The van der Waals surface area contributed by atoms with Crippen LogP contribution in [0.4, 0.5) is 0 Å². The average molecular weight is 525 g/mol. The maximum Gasteiger partial charge on any atom is 0.258 e. The summed E-state index contributed by atoms with van der Waals surface area (Å²) in [6.45, 7) is 13.7. The Bertz CT molecular complexity index is 1100. The number of ketones is 1. The average Bonchev–Trinajstić information content (AvgIpc) is 2.82. The number of Topliss-reactive ketones (excluding diaryl/α,β-unsaturated/α-hetero) is 1. The number of hydrogen-bond donors (Lipinski definition) is 2. The predicted molar refractivity (Wildman–Crippen MR) is 153 cm³/mol. The van der Waals surface area contributed by atoms with Crippen LogP contribution in [-0.2, 0) is 0 Å². The Labute approximate surface area is 220 Å². The third kappa shape index (κ3) is 6.16. The molecule has 0 aliphatic heterocycles. The molecule has 0 saturated carbocycles. The van der Waals surface area contributed by atoms with Gasteiger partial charge in [0.05, 0.1) is 5.25 Å². The van der Waals surface area contributed by atoms with Crippen LogP contribution in [0.1, 0.15) is 62.7 Å². The largest absolute Gasteiger partial charge is 0.543 e. The van der Waals surface area contributed by atoms with Crippen molar-refractivity contribution >= 4 is 38.5 Å². The summed E-state index contributed by atoms with van der Waals surface area (Å²) in [5, 5.41) is 9.21. The Hall–Kier alpha value is -2.15. The molecule has 1 unspecified atom stereocenters. The number of hydrogen-bond acceptors (Lipinski definition) is 5. The molecule has 1 N–H and O–H groups in total. The highest BCUT2D eigenvalue weighted by molar-refractivity contribution is 8.00. The van der Waals surface area contributed by atoms with Gasteiger partial charge in [-0.1, -0.05) is 65.8 Å². The third-order valence-corrected chi connectivity index (χ3v) is 14.6. The van der Waals surface area contributed by atoms with Crippen LogP contribution in [0.5, 0.6) is 11.5 Å². The van der Waals surface area contributed by atoms with E-state index in [1.54, 1.807) is 24.3 Å². The van der Waals surface area contributed by atoms with E-state index in [0.29, 0.717) is 22.2 Å². The second kappa shape index (κ2) is 11.7. The smallest absolute Gasteiger partial charge is 0.258 e. The van der Waals surface area contributed by atoms with Crippen LogP contribution in [-0.4, -0.2) is 19.2 Å². The first-order valence-electron chi connectivity index (χ1n) is 12.1. The summed E-state index contributed by atoms with van der Waals surface area (Å²) in [6, 6.07) is 22.3. The van der Waals surface area contributed by atoms with Gasteiger partial charge in [0.25, 0.3) is 8.32 Å². The lowest BCUT2D eigenvalue weighted by Crippen LogP contribution is -2.50. The SMILES string of the molecule is CC(C)[Si](Oc1ccc(C(Sc2ccccc2S)C(=O)c2ccc(O)cc2)cc1)(C(C)C)C(C)C. The number of thiol groups is 1. The van der Waals surface area contributed by atoms with Crippen molar-refractivity contribution in [2.24, 2.45) is 0 Å². The van der Waals surface area contributed by atoms with E-state index in [-0.39, 0.29) is 11.5 Å². The second-order valence-electron chi connectivity index (χ2n) is 9.87. The van der Waals surface area contributed by atoms with Gasteiger partial charge in [-0.05, 0) is 70.7 Å². The Morgan fingerprint density at radius 3 is 1.89 bits per heavy atom. The molecule has 186 valence electrons. The molecule has 0 heterocycles. The van der Waals surface area contributed by atoms with E-state index < -0.39 is 13.6 Å². The fraction of sp³-hybridized carbons (Fsp3) is 0.345. The number of phenols is 1. The Morgan fingerprint density at radius 2 is 1.37 bits per heavy atom. The molecule has 3 aromatic rings. The van der Waals surface area contributed by atoms with Crippen molar-refractivity contribution in [1.29, 1.82) is 0 Å². The molecular formula is C29H36O3S2Si. The van der Waals surface area contributed by atoms with E-state index in [1.807, 2.05) is 48.5 Å². The number of carbonyl (C=O) groups is 1. The molecule has 0 spiro atoms. The number of rotatable bonds is 10. The normalized spacial score (nSPS) is 12.9. The zero-order valence-electron chi connectivity index (χ0n) is 21.4. The highest BCUT2D eigenvalue weighted by Gasteiger charge is 2.47. The summed E-state index contributed by atoms with van der Waals surface area (Å²) in [7, 11) is -2.07. The quantitative estimate of drug-likeness (QED) is 0.120. The summed E-state index contributed by atoms with van der Waals surface area (Å²) in [4.78, 5) is 15.4. The highest BCUT2D eigenvalue weighted by atomic mass is 32.2. The van der Waals surface area contributed by atoms with Crippen molar-refractivity contribution in [3.05, 3.63) is 83.9 Å². The van der Waals surface area contributed by atoms with Gasteiger partial charge in [0.2, 0.25) is 0 Å². The monoisotopic (exact) mass is 524 g/mol. The van der Waals surface area contributed by atoms with Crippen LogP contribution >= 0.6 is 24.4 Å². The lowest BCUT2D eigenvalue weighted by atomic mass is 10.0. The summed E-state index contributed by atoms with van der Waals surface area (Å²) in [5.74, 6) is 0.989. The summed E-state index contributed by atoms with van der Waals surface area (Å²) < 4.78 is 6.82. The van der Waals surface area contributed by atoms with E-state index in [9.17, 15) is 9.90 Å².